The van der Waals surface area contributed by atoms with Crippen molar-refractivity contribution >= 4 is 6.34 Å². The third-order valence-corrected chi connectivity index (χ3v) is 0.930. The first kappa shape index (κ1) is 6.00. The SMILES string of the molecule is CN1C=NN=NOCC1. The maximum atomic E-state index is 4.65. The van der Waals surface area contributed by atoms with E-state index in [1.807, 2.05) is 11.9 Å². The minimum Gasteiger partial charge on any atom is -0.376 e. The van der Waals surface area contributed by atoms with Crippen LogP contribution in [0.5, 0.6) is 0 Å². The van der Waals surface area contributed by atoms with Gasteiger partial charge in [-0.05, 0) is 5.22 Å². The van der Waals surface area contributed by atoms with Crippen molar-refractivity contribution in [2.24, 2.45) is 15.6 Å². The van der Waals surface area contributed by atoms with Crippen molar-refractivity contribution in [2.45, 2.75) is 0 Å². The lowest BCUT2D eigenvalue weighted by Crippen LogP contribution is -2.21. The van der Waals surface area contributed by atoms with Crippen LogP contribution >= 0.6 is 0 Å². The van der Waals surface area contributed by atoms with Crippen LogP contribution in [0.2, 0.25) is 0 Å². The van der Waals surface area contributed by atoms with Crippen LogP contribution in [0.25, 0.3) is 0 Å². The van der Waals surface area contributed by atoms with E-state index >= 15 is 0 Å². The van der Waals surface area contributed by atoms with E-state index in [9.17, 15) is 0 Å². The predicted octanol–water partition coefficient (Wildman–Crippen LogP) is 0.259. The second-order valence-corrected chi connectivity index (χ2v) is 1.72. The molecule has 0 bridgehead atoms. The molecule has 0 aliphatic carbocycles. The zero-order valence-corrected chi connectivity index (χ0v) is 5.19. The van der Waals surface area contributed by atoms with Gasteiger partial charge in [0, 0.05) is 12.3 Å². The van der Waals surface area contributed by atoms with Gasteiger partial charge in [-0.3, -0.25) is 0 Å². The topological polar surface area (TPSA) is 49.5 Å². The summed E-state index contributed by atoms with van der Waals surface area (Å²) in [6, 6.07) is 0. The summed E-state index contributed by atoms with van der Waals surface area (Å²) >= 11 is 0. The molecule has 0 saturated carbocycles. The van der Waals surface area contributed by atoms with E-state index in [0.717, 1.165) is 6.54 Å². The maximum absolute atomic E-state index is 4.65. The summed E-state index contributed by atoms with van der Waals surface area (Å²) in [5, 5.41) is 10.1. The maximum Gasteiger partial charge on any atom is 0.136 e. The van der Waals surface area contributed by atoms with E-state index in [1.165, 1.54) is 0 Å². The highest BCUT2D eigenvalue weighted by molar-refractivity contribution is 5.53. The molecule has 50 valence electrons. The van der Waals surface area contributed by atoms with Crippen LogP contribution in [0, 0.1) is 0 Å². The van der Waals surface area contributed by atoms with Crippen LogP contribution in [-0.2, 0) is 4.84 Å². The molecule has 0 N–H and O–H groups in total. The zero-order valence-electron chi connectivity index (χ0n) is 5.19. The molecule has 1 aliphatic heterocycles. The zero-order chi connectivity index (χ0) is 6.53. The smallest absolute Gasteiger partial charge is 0.136 e. The lowest BCUT2D eigenvalue weighted by atomic mass is 10.6. The molecule has 5 heteroatoms. The van der Waals surface area contributed by atoms with Crippen molar-refractivity contribution in [3.05, 3.63) is 0 Å². The molecule has 0 fully saturated rings. The van der Waals surface area contributed by atoms with Gasteiger partial charge in [-0.2, -0.15) is 0 Å². The van der Waals surface area contributed by atoms with Gasteiger partial charge in [0.1, 0.15) is 12.9 Å². The van der Waals surface area contributed by atoms with E-state index in [2.05, 4.69) is 20.4 Å². The average Bonchev–Trinajstić information content (AvgIpc) is 1.79. The van der Waals surface area contributed by atoms with Crippen molar-refractivity contribution in [3.63, 3.8) is 0 Å². The van der Waals surface area contributed by atoms with Crippen LogP contribution in [0.3, 0.4) is 0 Å². The monoisotopic (exact) mass is 128 g/mol. The van der Waals surface area contributed by atoms with Crippen LogP contribution < -0.4 is 0 Å². The van der Waals surface area contributed by atoms with E-state index in [4.69, 9.17) is 0 Å². The van der Waals surface area contributed by atoms with Crippen LogP contribution in [0.15, 0.2) is 15.6 Å². The lowest BCUT2D eigenvalue weighted by molar-refractivity contribution is 0.110. The molecule has 0 aromatic rings. The summed E-state index contributed by atoms with van der Waals surface area (Å²) in [7, 11) is 1.90. The second kappa shape index (κ2) is 3.01. The molecule has 1 rings (SSSR count). The Morgan fingerprint density at radius 3 is 3.44 bits per heavy atom. The Morgan fingerprint density at radius 2 is 2.56 bits per heavy atom. The molecule has 0 amide bonds. The van der Waals surface area contributed by atoms with Gasteiger partial charge >= 0.3 is 0 Å². The third-order valence-electron chi connectivity index (χ3n) is 0.930. The molecule has 0 aromatic heterocycles. The van der Waals surface area contributed by atoms with Gasteiger partial charge in [0.05, 0.1) is 6.54 Å². The summed E-state index contributed by atoms with van der Waals surface area (Å²) in [4.78, 5) is 6.52. The number of hydrogen-bond acceptors (Lipinski definition) is 5. The Morgan fingerprint density at radius 1 is 1.67 bits per heavy atom. The molecular formula is C4H8N4O. The van der Waals surface area contributed by atoms with Gasteiger partial charge in [0.2, 0.25) is 0 Å². The first-order valence-corrected chi connectivity index (χ1v) is 2.65. The van der Waals surface area contributed by atoms with Crippen molar-refractivity contribution in [3.8, 4) is 0 Å². The number of likely N-dealkylation sites (N-methyl/N-ethyl adjacent to an activating group) is 1. The summed E-state index contributed by atoms with van der Waals surface area (Å²) in [5.41, 5.74) is 0. The van der Waals surface area contributed by atoms with E-state index in [0.29, 0.717) is 6.61 Å². The Bertz CT molecular complexity index is 133. The lowest BCUT2D eigenvalue weighted by Gasteiger charge is -2.10. The normalized spacial score (nSPS) is 18.6. The van der Waals surface area contributed by atoms with Gasteiger partial charge < -0.3 is 9.74 Å². The molecule has 0 unspecified atom stereocenters. The van der Waals surface area contributed by atoms with Crippen molar-refractivity contribution in [1.82, 2.24) is 4.90 Å². The van der Waals surface area contributed by atoms with Gasteiger partial charge in [-0.1, -0.05) is 0 Å². The predicted molar refractivity (Wildman–Crippen MR) is 31.9 cm³/mol. The molecule has 0 spiro atoms. The van der Waals surface area contributed by atoms with Gasteiger partial charge in [-0.25, -0.2) is 0 Å². The largest absolute Gasteiger partial charge is 0.376 e. The molecule has 1 aliphatic rings. The molecule has 1 heterocycles. The minimum atomic E-state index is 0.562. The summed E-state index contributed by atoms with van der Waals surface area (Å²) < 4.78 is 0. The summed E-state index contributed by atoms with van der Waals surface area (Å²) in [6.07, 6.45) is 1.60. The first-order valence-electron chi connectivity index (χ1n) is 2.65. The third kappa shape index (κ3) is 2.07. The fraction of sp³-hybridized carbons (Fsp3) is 0.750. The Labute approximate surface area is 53.0 Å². The van der Waals surface area contributed by atoms with E-state index in [1.54, 1.807) is 6.34 Å². The Balaban J connectivity index is 2.44. The fourth-order valence-corrected chi connectivity index (χ4v) is 0.442. The molecule has 0 aromatic carbocycles. The highest BCUT2D eigenvalue weighted by atomic mass is 16.6. The van der Waals surface area contributed by atoms with Crippen LogP contribution in [0.1, 0.15) is 0 Å². The van der Waals surface area contributed by atoms with E-state index in [-0.39, 0.29) is 0 Å². The molecule has 0 saturated heterocycles. The summed E-state index contributed by atoms with van der Waals surface area (Å²) in [6.45, 7) is 1.36. The van der Waals surface area contributed by atoms with Crippen molar-refractivity contribution in [1.29, 1.82) is 0 Å². The first-order chi connectivity index (χ1) is 4.39. The van der Waals surface area contributed by atoms with E-state index < -0.39 is 0 Å². The molecule has 9 heavy (non-hydrogen) atoms. The van der Waals surface area contributed by atoms with Crippen LogP contribution in [0.4, 0.5) is 0 Å². The number of hydrogen-bond donors (Lipinski definition) is 0. The minimum absolute atomic E-state index is 0.562. The van der Waals surface area contributed by atoms with Gasteiger partial charge in [0.15, 0.2) is 0 Å². The number of rotatable bonds is 0. The highest BCUT2D eigenvalue weighted by Gasteiger charge is 1.93. The molecule has 0 radical (unpaired) electrons. The quantitative estimate of drug-likeness (QED) is 0.469. The van der Waals surface area contributed by atoms with Gasteiger partial charge in [0.25, 0.3) is 0 Å². The number of nitrogens with zero attached hydrogens (tertiary/aromatic N) is 4. The molecule has 0 atom stereocenters. The van der Waals surface area contributed by atoms with Gasteiger partial charge in [-0.15, -0.1) is 5.10 Å². The second-order valence-electron chi connectivity index (χ2n) is 1.72. The highest BCUT2D eigenvalue weighted by Crippen LogP contribution is 1.87. The fourth-order valence-electron chi connectivity index (χ4n) is 0.442. The average molecular weight is 128 g/mol. The Kier molecular flexibility index (Phi) is 2.00. The van der Waals surface area contributed by atoms with Crippen LogP contribution in [-0.4, -0.2) is 31.4 Å². The Hall–Kier alpha value is -1.13. The van der Waals surface area contributed by atoms with Crippen molar-refractivity contribution < 1.29 is 4.84 Å². The standard InChI is InChI=1S/C4H8N4O/c1-8-2-3-9-7-6-5-4-8/h4H,2-3H2,1H3. The summed E-state index contributed by atoms with van der Waals surface area (Å²) in [5.74, 6) is 0. The molecular weight excluding hydrogens is 120 g/mol. The van der Waals surface area contributed by atoms with Crippen molar-refractivity contribution in [2.75, 3.05) is 20.2 Å². The molecule has 5 nitrogen and oxygen atoms in total.